The summed E-state index contributed by atoms with van der Waals surface area (Å²) in [5.41, 5.74) is 0.982. The van der Waals surface area contributed by atoms with Crippen LogP contribution in [0.15, 0.2) is 11.6 Å². The van der Waals surface area contributed by atoms with E-state index in [4.69, 9.17) is 0 Å². The number of carbonyl (C=O) groups is 1. The monoisotopic (exact) mass is 175 g/mol. The first-order chi connectivity index (χ1) is 5.61. The van der Waals surface area contributed by atoms with Crippen LogP contribution in [0, 0.1) is 0 Å². The van der Waals surface area contributed by atoms with Gasteiger partial charge in [-0.1, -0.05) is 11.6 Å². The molecule has 0 aromatic rings. The summed E-state index contributed by atoms with van der Waals surface area (Å²) >= 11 is 0. The molecule has 0 N–H and O–H groups in total. The van der Waals surface area contributed by atoms with Crippen molar-refractivity contribution in [3.63, 3.8) is 0 Å². The normalized spacial score (nSPS) is 18.0. The summed E-state index contributed by atoms with van der Waals surface area (Å²) in [6.45, 7) is 2.61. The summed E-state index contributed by atoms with van der Waals surface area (Å²) in [5, 5.41) is 0. The van der Waals surface area contributed by atoms with E-state index >= 15 is 0 Å². The molecule has 0 spiro atoms. The van der Waals surface area contributed by atoms with E-state index in [-0.39, 0.29) is 0 Å². The van der Waals surface area contributed by atoms with E-state index < -0.39 is 12.3 Å². The second-order valence-electron chi connectivity index (χ2n) is 2.90. The molecule has 0 aromatic heterocycles. The zero-order chi connectivity index (χ0) is 9.14. The molecule has 68 valence electrons. The summed E-state index contributed by atoms with van der Waals surface area (Å²) in [5.74, 6) is -1.05. The molecule has 0 unspecified atom stereocenters. The average Bonchev–Trinajstić information content (AvgIpc) is 2.03. The lowest BCUT2D eigenvalue weighted by atomic mass is 10.1. The van der Waals surface area contributed by atoms with Gasteiger partial charge in [0.2, 0.25) is 0 Å². The number of amides is 1. The highest BCUT2D eigenvalue weighted by molar-refractivity contribution is 5.79. The van der Waals surface area contributed by atoms with Gasteiger partial charge in [-0.3, -0.25) is 4.79 Å². The van der Waals surface area contributed by atoms with E-state index in [9.17, 15) is 13.6 Å². The van der Waals surface area contributed by atoms with Crippen molar-refractivity contribution in [2.24, 2.45) is 0 Å². The molecule has 1 amide bonds. The smallest absolute Gasteiger partial charge is 0.315 e. The fourth-order valence-electron chi connectivity index (χ4n) is 1.24. The number of hydrogen-bond acceptors (Lipinski definition) is 1. The fourth-order valence-corrected chi connectivity index (χ4v) is 1.24. The van der Waals surface area contributed by atoms with Crippen LogP contribution >= 0.6 is 0 Å². The molecule has 1 rings (SSSR count). The van der Waals surface area contributed by atoms with Crippen molar-refractivity contribution in [3.05, 3.63) is 11.6 Å². The molecular weight excluding hydrogens is 164 g/mol. The molecule has 0 saturated heterocycles. The van der Waals surface area contributed by atoms with Crippen LogP contribution in [-0.4, -0.2) is 30.3 Å². The van der Waals surface area contributed by atoms with Gasteiger partial charge in [-0.15, -0.1) is 0 Å². The van der Waals surface area contributed by atoms with E-state index in [1.165, 1.54) is 4.90 Å². The average molecular weight is 175 g/mol. The van der Waals surface area contributed by atoms with Gasteiger partial charge in [-0.05, 0) is 13.3 Å². The Hall–Kier alpha value is -0.930. The van der Waals surface area contributed by atoms with Gasteiger partial charge in [0.05, 0.1) is 0 Å². The fraction of sp³-hybridized carbons (Fsp3) is 0.625. The van der Waals surface area contributed by atoms with Crippen LogP contribution in [0.25, 0.3) is 0 Å². The maximum atomic E-state index is 11.9. The topological polar surface area (TPSA) is 20.3 Å². The quantitative estimate of drug-likeness (QED) is 0.552. The number of carbonyl (C=O) groups excluding carboxylic acids is 1. The molecular formula is C8H11F2NO. The summed E-state index contributed by atoms with van der Waals surface area (Å²) in [6, 6.07) is 0. The summed E-state index contributed by atoms with van der Waals surface area (Å²) in [4.78, 5) is 12.0. The van der Waals surface area contributed by atoms with Crippen molar-refractivity contribution in [2.45, 2.75) is 19.8 Å². The molecule has 0 fully saturated rings. The number of alkyl halides is 2. The maximum Gasteiger partial charge on any atom is 0.315 e. The van der Waals surface area contributed by atoms with Crippen LogP contribution < -0.4 is 0 Å². The largest absolute Gasteiger partial charge is 0.333 e. The highest BCUT2D eigenvalue weighted by atomic mass is 19.3. The first kappa shape index (κ1) is 9.16. The molecule has 4 heteroatoms. The molecule has 1 aliphatic rings. The zero-order valence-electron chi connectivity index (χ0n) is 6.89. The Labute approximate surface area is 69.9 Å². The van der Waals surface area contributed by atoms with Gasteiger partial charge in [0.15, 0.2) is 0 Å². The van der Waals surface area contributed by atoms with Gasteiger partial charge < -0.3 is 4.90 Å². The van der Waals surface area contributed by atoms with Gasteiger partial charge in [0.25, 0.3) is 5.91 Å². The number of hydrogen-bond donors (Lipinski definition) is 0. The van der Waals surface area contributed by atoms with Crippen LogP contribution in [-0.2, 0) is 4.79 Å². The van der Waals surface area contributed by atoms with Crippen molar-refractivity contribution in [3.8, 4) is 0 Å². The summed E-state index contributed by atoms with van der Waals surface area (Å²) < 4.78 is 23.9. The lowest BCUT2D eigenvalue weighted by molar-refractivity contribution is -0.142. The van der Waals surface area contributed by atoms with Gasteiger partial charge in [-0.2, -0.15) is 8.78 Å². The van der Waals surface area contributed by atoms with Crippen LogP contribution in [0.3, 0.4) is 0 Å². The Morgan fingerprint density at radius 1 is 1.67 bits per heavy atom. The van der Waals surface area contributed by atoms with Gasteiger partial charge in [0.1, 0.15) is 0 Å². The molecule has 0 atom stereocenters. The minimum atomic E-state index is -2.86. The van der Waals surface area contributed by atoms with Crippen LogP contribution in [0.5, 0.6) is 0 Å². The van der Waals surface area contributed by atoms with Gasteiger partial charge in [-0.25, -0.2) is 0 Å². The van der Waals surface area contributed by atoms with Gasteiger partial charge >= 0.3 is 6.43 Å². The lowest BCUT2D eigenvalue weighted by Crippen LogP contribution is -2.39. The minimum absolute atomic E-state index is 0.350. The van der Waals surface area contributed by atoms with Crippen LogP contribution in [0.1, 0.15) is 13.3 Å². The van der Waals surface area contributed by atoms with E-state index in [0.29, 0.717) is 19.5 Å². The lowest BCUT2D eigenvalue weighted by Gasteiger charge is -2.25. The molecule has 0 saturated carbocycles. The molecule has 0 aromatic carbocycles. The summed E-state index contributed by atoms with van der Waals surface area (Å²) in [6.07, 6.45) is -0.213. The maximum absolute atomic E-state index is 11.9. The second-order valence-corrected chi connectivity index (χ2v) is 2.90. The first-order valence-corrected chi connectivity index (χ1v) is 3.84. The molecule has 2 nitrogen and oxygen atoms in total. The third kappa shape index (κ3) is 2.03. The van der Waals surface area contributed by atoms with E-state index in [2.05, 4.69) is 0 Å². The van der Waals surface area contributed by atoms with E-state index in [0.717, 1.165) is 5.57 Å². The molecule has 1 aliphatic heterocycles. The molecule has 0 aliphatic carbocycles. The second kappa shape index (κ2) is 3.65. The SMILES string of the molecule is CC1=CCCN(C(=O)C(F)F)C1. The Kier molecular flexibility index (Phi) is 2.78. The van der Waals surface area contributed by atoms with Crippen molar-refractivity contribution in [2.75, 3.05) is 13.1 Å². The standard InChI is InChI=1S/C8H11F2NO/c1-6-3-2-4-11(5-6)8(12)7(9)10/h3,7H,2,4-5H2,1H3. The van der Waals surface area contributed by atoms with Gasteiger partial charge in [0, 0.05) is 13.1 Å². The third-order valence-electron chi connectivity index (χ3n) is 1.83. The highest BCUT2D eigenvalue weighted by Gasteiger charge is 2.24. The highest BCUT2D eigenvalue weighted by Crippen LogP contribution is 2.11. The minimum Gasteiger partial charge on any atom is -0.333 e. The van der Waals surface area contributed by atoms with Crippen LogP contribution in [0.4, 0.5) is 8.78 Å². The third-order valence-corrected chi connectivity index (χ3v) is 1.83. The Bertz CT molecular complexity index is 213. The number of rotatable bonds is 1. The van der Waals surface area contributed by atoms with Crippen LogP contribution in [0.2, 0.25) is 0 Å². The molecule has 1 heterocycles. The molecule has 0 bridgehead atoms. The van der Waals surface area contributed by atoms with Crippen molar-refractivity contribution in [1.29, 1.82) is 0 Å². The van der Waals surface area contributed by atoms with E-state index in [1.54, 1.807) is 0 Å². The van der Waals surface area contributed by atoms with E-state index in [1.807, 2.05) is 13.0 Å². The van der Waals surface area contributed by atoms with Crippen molar-refractivity contribution >= 4 is 5.91 Å². The van der Waals surface area contributed by atoms with Crippen molar-refractivity contribution in [1.82, 2.24) is 4.90 Å². The number of halogens is 2. The Balaban J connectivity index is 2.55. The summed E-state index contributed by atoms with van der Waals surface area (Å²) in [7, 11) is 0. The van der Waals surface area contributed by atoms with Crippen molar-refractivity contribution < 1.29 is 13.6 Å². The predicted molar refractivity (Wildman–Crippen MR) is 41.0 cm³/mol. The Morgan fingerprint density at radius 3 is 2.83 bits per heavy atom. The molecule has 0 radical (unpaired) electrons. The predicted octanol–water partition coefficient (Wildman–Crippen LogP) is 1.43. The zero-order valence-corrected chi connectivity index (χ0v) is 6.89. The first-order valence-electron chi connectivity index (χ1n) is 3.84. The Morgan fingerprint density at radius 2 is 2.33 bits per heavy atom. The number of nitrogens with zero attached hydrogens (tertiary/aromatic N) is 1. The molecule has 12 heavy (non-hydrogen) atoms.